The van der Waals surface area contributed by atoms with Crippen LogP contribution in [0, 0.1) is 0 Å². The van der Waals surface area contributed by atoms with E-state index in [0.29, 0.717) is 44.8 Å². The van der Waals surface area contributed by atoms with Crippen LogP contribution in [0.5, 0.6) is 5.75 Å². The lowest BCUT2D eigenvalue weighted by Crippen LogP contribution is -2.46. The molecule has 0 fully saturated rings. The molecule has 188 valence electrons. The third kappa shape index (κ3) is 5.48. The van der Waals surface area contributed by atoms with E-state index in [9.17, 15) is 4.79 Å². The molecule has 0 spiro atoms. The Morgan fingerprint density at radius 1 is 1.06 bits per heavy atom. The summed E-state index contributed by atoms with van der Waals surface area (Å²) in [6.45, 7) is 8.17. The Labute approximate surface area is 220 Å². The van der Waals surface area contributed by atoms with Gasteiger partial charge in [0.2, 0.25) is 5.95 Å². The number of anilines is 2. The largest absolute Gasteiger partial charge is 0.488 e. The molecule has 0 atom stereocenters. The molecule has 36 heavy (non-hydrogen) atoms. The molecule has 0 saturated carbocycles. The van der Waals surface area contributed by atoms with Gasteiger partial charge in [-0.25, -0.2) is 4.98 Å². The molecule has 7 nitrogen and oxygen atoms in total. The fraction of sp³-hybridized carbons (Fsp3) is 0.296. The number of aryl methyl sites for hydroxylation is 1. The Hall–Kier alpha value is -3.13. The van der Waals surface area contributed by atoms with Crippen LogP contribution in [-0.2, 0) is 7.05 Å². The normalized spacial score (nSPS) is 11.6. The molecular weight excluding hydrogens is 497 g/mol. The number of nitrogens with one attached hydrogen (secondary N) is 1. The fourth-order valence-electron chi connectivity index (χ4n) is 3.93. The number of halogens is 2. The number of ether oxygens (including phenoxy) is 1. The first-order valence-corrected chi connectivity index (χ1v) is 12.6. The molecular formula is C27H30Cl2N5O2+. The summed E-state index contributed by atoms with van der Waals surface area (Å²) in [4.78, 5) is 22.1. The molecule has 0 radical (unpaired) electrons. The van der Waals surface area contributed by atoms with Crippen LogP contribution in [-0.4, -0.2) is 52.3 Å². The molecule has 9 heteroatoms. The minimum Gasteiger partial charge on any atom is -0.488 e. The van der Waals surface area contributed by atoms with Gasteiger partial charge in [0, 0.05) is 29.9 Å². The highest BCUT2D eigenvalue weighted by Gasteiger charge is 2.17. The van der Waals surface area contributed by atoms with Gasteiger partial charge in [0.05, 0.1) is 35.7 Å². The molecule has 0 saturated heterocycles. The topological polar surface area (TPSA) is 69.0 Å². The molecule has 2 heterocycles. The molecule has 0 bridgehead atoms. The Morgan fingerprint density at radius 2 is 1.72 bits per heavy atom. The lowest BCUT2D eigenvalue weighted by Gasteiger charge is -2.31. The zero-order valence-electron chi connectivity index (χ0n) is 20.9. The van der Waals surface area contributed by atoms with Gasteiger partial charge >= 0.3 is 0 Å². The number of quaternary nitrogens is 1. The number of fused-ring (bicyclic) bond motifs is 1. The molecule has 2 aromatic heterocycles. The van der Waals surface area contributed by atoms with E-state index in [0.717, 1.165) is 35.6 Å². The molecule has 4 rings (SSSR count). The number of pyridine rings is 1. The third-order valence-electron chi connectivity index (χ3n) is 6.72. The van der Waals surface area contributed by atoms with Crippen molar-refractivity contribution in [2.75, 3.05) is 38.6 Å². The van der Waals surface area contributed by atoms with E-state index in [1.807, 2.05) is 24.3 Å². The second kappa shape index (κ2) is 10.9. The van der Waals surface area contributed by atoms with Gasteiger partial charge in [0.15, 0.2) is 0 Å². The summed E-state index contributed by atoms with van der Waals surface area (Å²) in [7, 11) is 3.91. The van der Waals surface area contributed by atoms with Gasteiger partial charge in [-0.15, -0.1) is 0 Å². The van der Waals surface area contributed by atoms with Crippen LogP contribution in [0.2, 0.25) is 10.0 Å². The minimum atomic E-state index is -0.246. The van der Waals surface area contributed by atoms with Crippen LogP contribution < -0.4 is 15.6 Å². The summed E-state index contributed by atoms with van der Waals surface area (Å²) >= 11 is 12.7. The van der Waals surface area contributed by atoms with Crippen molar-refractivity contribution >= 4 is 45.9 Å². The molecule has 0 aliphatic rings. The van der Waals surface area contributed by atoms with Crippen molar-refractivity contribution in [3.8, 4) is 16.9 Å². The van der Waals surface area contributed by atoms with Crippen LogP contribution in [0.1, 0.15) is 13.8 Å². The fourth-order valence-corrected chi connectivity index (χ4v) is 4.53. The van der Waals surface area contributed by atoms with Crippen molar-refractivity contribution in [2.45, 2.75) is 13.8 Å². The third-order valence-corrected chi connectivity index (χ3v) is 7.35. The Bertz CT molecular complexity index is 1410. The van der Waals surface area contributed by atoms with Crippen molar-refractivity contribution in [2.24, 2.45) is 7.05 Å². The van der Waals surface area contributed by atoms with Crippen LogP contribution in [0.3, 0.4) is 0 Å². The number of aromatic nitrogens is 3. The zero-order valence-corrected chi connectivity index (χ0v) is 22.4. The Kier molecular flexibility index (Phi) is 7.83. The molecule has 1 N–H and O–H groups in total. The molecule has 0 aliphatic heterocycles. The number of nitrogens with zero attached hydrogens (tertiary/aromatic N) is 4. The lowest BCUT2D eigenvalue weighted by molar-refractivity contribution is -0.906. The summed E-state index contributed by atoms with van der Waals surface area (Å²) in [5.41, 5.74) is 1.97. The monoisotopic (exact) mass is 526 g/mol. The Morgan fingerprint density at radius 3 is 2.36 bits per heavy atom. The van der Waals surface area contributed by atoms with Crippen molar-refractivity contribution in [1.82, 2.24) is 14.5 Å². The highest BCUT2D eigenvalue weighted by molar-refractivity contribution is 6.39. The maximum absolute atomic E-state index is 13.1. The second-order valence-corrected chi connectivity index (χ2v) is 9.78. The van der Waals surface area contributed by atoms with Crippen molar-refractivity contribution in [1.29, 1.82) is 0 Å². The van der Waals surface area contributed by atoms with Gasteiger partial charge < -0.3 is 14.5 Å². The van der Waals surface area contributed by atoms with E-state index in [-0.39, 0.29) is 5.56 Å². The smallest absolute Gasteiger partial charge is 0.259 e. The summed E-state index contributed by atoms with van der Waals surface area (Å²) in [6.07, 6.45) is 1.67. The quantitative estimate of drug-likeness (QED) is 0.274. The van der Waals surface area contributed by atoms with Crippen molar-refractivity contribution in [3.05, 3.63) is 75.1 Å². The molecule has 0 unspecified atom stereocenters. The summed E-state index contributed by atoms with van der Waals surface area (Å²) in [5.74, 6) is 1.19. The summed E-state index contributed by atoms with van der Waals surface area (Å²) in [6, 6.07) is 14.5. The Balaban J connectivity index is 1.52. The van der Waals surface area contributed by atoms with Gasteiger partial charge in [-0.2, -0.15) is 4.98 Å². The van der Waals surface area contributed by atoms with E-state index in [4.69, 9.17) is 27.9 Å². The SMILES string of the molecule is CC[N+](C)(CC)CCOc1ccc(Nc2ncc3cc(-c4c(Cl)cccc4Cl)c(=O)n(C)c3n2)cc1. The van der Waals surface area contributed by atoms with Crippen molar-refractivity contribution in [3.63, 3.8) is 0 Å². The van der Waals surface area contributed by atoms with E-state index < -0.39 is 0 Å². The van der Waals surface area contributed by atoms with E-state index in [1.165, 1.54) is 4.57 Å². The molecule has 2 aromatic carbocycles. The first-order valence-electron chi connectivity index (χ1n) is 11.9. The highest BCUT2D eigenvalue weighted by atomic mass is 35.5. The lowest BCUT2D eigenvalue weighted by atomic mass is 10.1. The number of likely N-dealkylation sites (N-methyl/N-ethyl adjacent to an activating group) is 1. The number of hydrogen-bond acceptors (Lipinski definition) is 5. The maximum Gasteiger partial charge on any atom is 0.259 e. The van der Waals surface area contributed by atoms with E-state index >= 15 is 0 Å². The van der Waals surface area contributed by atoms with Gasteiger partial charge in [-0.05, 0) is 56.3 Å². The standard InChI is InChI=1S/C27H29Cl2N5O2/c1-5-34(4,6-2)14-15-36-20-12-10-19(11-13-20)31-27-30-17-18-16-21(26(35)33(3)25(18)32-27)24-22(28)8-7-9-23(24)29/h7-13,16-17H,5-6,14-15H2,1-4H3/p+1. The zero-order chi connectivity index (χ0) is 25.9. The van der Waals surface area contributed by atoms with Crippen LogP contribution in [0.4, 0.5) is 11.6 Å². The predicted octanol–water partition coefficient (Wildman–Crippen LogP) is 5.91. The van der Waals surface area contributed by atoms with E-state index in [1.54, 1.807) is 37.5 Å². The molecule has 0 aliphatic carbocycles. The first-order chi connectivity index (χ1) is 17.2. The average Bonchev–Trinajstić information content (AvgIpc) is 2.88. The van der Waals surface area contributed by atoms with E-state index in [2.05, 4.69) is 36.2 Å². The summed E-state index contributed by atoms with van der Waals surface area (Å²) in [5, 5.41) is 4.71. The first kappa shape index (κ1) is 25.9. The predicted molar refractivity (Wildman–Crippen MR) is 148 cm³/mol. The van der Waals surface area contributed by atoms with Crippen LogP contribution in [0.25, 0.3) is 22.2 Å². The number of hydrogen-bond donors (Lipinski definition) is 1. The summed E-state index contributed by atoms with van der Waals surface area (Å²) < 4.78 is 8.39. The minimum absolute atomic E-state index is 0.246. The molecule has 0 amide bonds. The van der Waals surface area contributed by atoms with Gasteiger partial charge in [0.1, 0.15) is 24.5 Å². The number of benzene rings is 2. The maximum atomic E-state index is 13.1. The van der Waals surface area contributed by atoms with Gasteiger partial charge in [0.25, 0.3) is 5.56 Å². The average molecular weight is 527 g/mol. The highest BCUT2D eigenvalue weighted by Crippen LogP contribution is 2.33. The van der Waals surface area contributed by atoms with Crippen molar-refractivity contribution < 1.29 is 9.22 Å². The molecule has 4 aromatic rings. The van der Waals surface area contributed by atoms with Gasteiger partial charge in [-0.1, -0.05) is 29.3 Å². The van der Waals surface area contributed by atoms with Crippen LogP contribution >= 0.6 is 23.2 Å². The number of rotatable bonds is 9. The second-order valence-electron chi connectivity index (χ2n) is 8.96. The van der Waals surface area contributed by atoms with Gasteiger partial charge in [-0.3, -0.25) is 9.36 Å². The van der Waals surface area contributed by atoms with Crippen LogP contribution in [0.15, 0.2) is 59.5 Å².